The van der Waals surface area contributed by atoms with Gasteiger partial charge in [-0.1, -0.05) is 78.7 Å². The van der Waals surface area contributed by atoms with E-state index in [9.17, 15) is 18.0 Å². The van der Waals surface area contributed by atoms with Crippen molar-refractivity contribution in [2.45, 2.75) is 57.1 Å². The second-order valence-corrected chi connectivity index (χ2v) is 13.8. The first-order chi connectivity index (χ1) is 23.0. The van der Waals surface area contributed by atoms with Crippen molar-refractivity contribution >= 4 is 39.1 Å². The zero-order valence-corrected chi connectivity index (χ0v) is 29.4. The Balaban J connectivity index is 1.85. The predicted molar refractivity (Wildman–Crippen MR) is 189 cm³/mol. The van der Waals surface area contributed by atoms with E-state index < -0.39 is 28.5 Å². The summed E-state index contributed by atoms with van der Waals surface area (Å²) in [6.07, 6.45) is 0.893. The van der Waals surface area contributed by atoms with Crippen LogP contribution in [0.15, 0.2) is 102 Å². The number of amides is 2. The maximum atomic E-state index is 14.7. The molecule has 0 saturated carbocycles. The lowest BCUT2D eigenvalue weighted by molar-refractivity contribution is -0.140. The van der Waals surface area contributed by atoms with Crippen molar-refractivity contribution in [2.75, 3.05) is 25.1 Å². The molecule has 4 aromatic carbocycles. The van der Waals surface area contributed by atoms with Gasteiger partial charge in [0.1, 0.15) is 12.6 Å². The molecule has 0 unspecified atom stereocenters. The first-order valence-electron chi connectivity index (χ1n) is 15.7. The molecule has 0 spiro atoms. The molecule has 0 radical (unpaired) electrons. The Kier molecular flexibility index (Phi) is 12.5. The van der Waals surface area contributed by atoms with Gasteiger partial charge in [-0.2, -0.15) is 0 Å². The monoisotopic (exact) mass is 691 g/mol. The fourth-order valence-corrected chi connectivity index (χ4v) is 6.79. The molecule has 0 heterocycles. The van der Waals surface area contributed by atoms with Crippen LogP contribution in [0.4, 0.5) is 5.69 Å². The minimum atomic E-state index is -4.28. The minimum absolute atomic E-state index is 0.00688. The van der Waals surface area contributed by atoms with Gasteiger partial charge in [-0.15, -0.1) is 0 Å². The van der Waals surface area contributed by atoms with Crippen molar-refractivity contribution < 1.29 is 27.5 Å². The van der Waals surface area contributed by atoms with Gasteiger partial charge in [-0.05, 0) is 67.8 Å². The molecule has 11 heteroatoms. The molecule has 0 aliphatic rings. The van der Waals surface area contributed by atoms with Crippen molar-refractivity contribution in [1.82, 2.24) is 10.2 Å². The van der Waals surface area contributed by atoms with Crippen molar-refractivity contribution in [3.8, 4) is 11.5 Å². The maximum Gasteiger partial charge on any atom is 0.264 e. The van der Waals surface area contributed by atoms with Gasteiger partial charge in [0.2, 0.25) is 11.8 Å². The van der Waals surface area contributed by atoms with Crippen LogP contribution in [0.5, 0.6) is 11.5 Å². The summed E-state index contributed by atoms with van der Waals surface area (Å²) in [5.74, 6) is -0.243. The van der Waals surface area contributed by atoms with Gasteiger partial charge >= 0.3 is 0 Å². The molecule has 4 aromatic rings. The summed E-state index contributed by atoms with van der Waals surface area (Å²) in [7, 11) is -1.36. The number of aryl methyl sites for hydroxylation is 1. The van der Waals surface area contributed by atoms with Gasteiger partial charge in [0.25, 0.3) is 10.0 Å². The number of anilines is 1. The lowest BCUT2D eigenvalue weighted by Gasteiger charge is -2.34. The quantitative estimate of drug-likeness (QED) is 0.154. The van der Waals surface area contributed by atoms with E-state index in [1.807, 2.05) is 57.2 Å². The summed E-state index contributed by atoms with van der Waals surface area (Å²) in [6, 6.07) is 26.4. The molecular formula is C37H42ClN3O6S. The van der Waals surface area contributed by atoms with E-state index >= 15 is 0 Å². The van der Waals surface area contributed by atoms with Crippen LogP contribution in [0.2, 0.25) is 5.02 Å². The Morgan fingerprint density at radius 2 is 1.52 bits per heavy atom. The maximum absolute atomic E-state index is 14.7. The Morgan fingerprint density at radius 1 is 0.854 bits per heavy atom. The highest BCUT2D eigenvalue weighted by molar-refractivity contribution is 7.92. The smallest absolute Gasteiger partial charge is 0.264 e. The standard InChI is InChI=1S/C37H42ClN3O6S/c1-6-27(3)39-37(43)33(22-28-11-8-7-9-12-28)40(24-29-13-10-14-30(38)21-29)36(42)25-41(31-17-20-34(46-4)35(23-31)47-5)48(44,45)32-18-15-26(2)16-19-32/h7-21,23,27,33H,6,22,24-25H2,1-5H3,(H,39,43)/t27-,33+/m0/s1. The van der Waals surface area contributed by atoms with E-state index in [1.54, 1.807) is 42.5 Å². The second-order valence-electron chi connectivity index (χ2n) is 11.5. The highest BCUT2D eigenvalue weighted by atomic mass is 35.5. The van der Waals surface area contributed by atoms with Crippen LogP contribution in [-0.4, -0.2) is 58.0 Å². The SMILES string of the molecule is CC[C@H](C)NC(=O)[C@@H](Cc1ccccc1)N(Cc1cccc(Cl)c1)C(=O)CN(c1ccc(OC)c(OC)c1)S(=O)(=O)c1ccc(C)cc1. The Morgan fingerprint density at radius 3 is 2.15 bits per heavy atom. The van der Waals surface area contributed by atoms with Gasteiger partial charge in [0, 0.05) is 30.1 Å². The molecule has 0 saturated heterocycles. The molecule has 0 fully saturated rings. The molecule has 2 amide bonds. The number of carbonyl (C=O) groups is 2. The molecule has 0 bridgehead atoms. The molecule has 4 rings (SSSR count). The number of sulfonamides is 1. The molecule has 48 heavy (non-hydrogen) atoms. The Hall–Kier alpha value is -4.54. The van der Waals surface area contributed by atoms with Crippen LogP contribution in [-0.2, 0) is 32.6 Å². The number of nitrogens with one attached hydrogen (secondary N) is 1. The highest BCUT2D eigenvalue weighted by Gasteiger charge is 2.35. The summed E-state index contributed by atoms with van der Waals surface area (Å²) >= 11 is 6.33. The van der Waals surface area contributed by atoms with Crippen molar-refractivity contribution in [3.63, 3.8) is 0 Å². The molecule has 1 N–H and O–H groups in total. The van der Waals surface area contributed by atoms with Crippen LogP contribution >= 0.6 is 11.6 Å². The number of ether oxygens (including phenoxy) is 2. The average molecular weight is 692 g/mol. The van der Waals surface area contributed by atoms with Crippen molar-refractivity contribution in [2.24, 2.45) is 0 Å². The summed E-state index contributed by atoms with van der Waals surface area (Å²) in [5.41, 5.74) is 2.60. The van der Waals surface area contributed by atoms with Crippen LogP contribution in [0.25, 0.3) is 0 Å². The summed E-state index contributed by atoms with van der Waals surface area (Å²) in [5, 5.41) is 3.51. The van der Waals surface area contributed by atoms with Gasteiger partial charge < -0.3 is 19.7 Å². The minimum Gasteiger partial charge on any atom is -0.493 e. The number of rotatable bonds is 15. The lowest BCUT2D eigenvalue weighted by Crippen LogP contribution is -2.54. The zero-order chi connectivity index (χ0) is 34.8. The van der Waals surface area contributed by atoms with Gasteiger partial charge in [-0.3, -0.25) is 13.9 Å². The molecule has 9 nitrogen and oxygen atoms in total. The van der Waals surface area contributed by atoms with E-state index in [0.717, 1.165) is 15.4 Å². The van der Waals surface area contributed by atoms with Gasteiger partial charge in [-0.25, -0.2) is 8.42 Å². The molecule has 0 aliphatic carbocycles. The summed E-state index contributed by atoms with van der Waals surface area (Å²) < 4.78 is 40.6. The number of hydrogen-bond acceptors (Lipinski definition) is 6. The topological polar surface area (TPSA) is 105 Å². The van der Waals surface area contributed by atoms with E-state index in [0.29, 0.717) is 22.8 Å². The molecule has 254 valence electrons. The second kappa shape index (κ2) is 16.5. The molecule has 2 atom stereocenters. The molecule has 0 aliphatic heterocycles. The van der Waals surface area contributed by atoms with Crippen molar-refractivity contribution in [1.29, 1.82) is 0 Å². The molecule has 0 aromatic heterocycles. The third-order valence-electron chi connectivity index (χ3n) is 8.06. The third-order valence-corrected chi connectivity index (χ3v) is 10.1. The summed E-state index contributed by atoms with van der Waals surface area (Å²) in [4.78, 5) is 30.1. The van der Waals surface area contributed by atoms with E-state index in [1.165, 1.54) is 37.3 Å². The number of hydrogen-bond donors (Lipinski definition) is 1. The molecular weight excluding hydrogens is 650 g/mol. The van der Waals surface area contributed by atoms with Crippen LogP contribution in [0.1, 0.15) is 37.0 Å². The normalized spacial score (nSPS) is 12.5. The van der Waals surface area contributed by atoms with E-state index in [4.69, 9.17) is 21.1 Å². The van der Waals surface area contributed by atoms with Gasteiger partial charge in [0.05, 0.1) is 24.8 Å². The first-order valence-corrected chi connectivity index (χ1v) is 17.5. The number of halogens is 1. The van der Waals surface area contributed by atoms with E-state index in [-0.39, 0.29) is 41.2 Å². The zero-order valence-electron chi connectivity index (χ0n) is 27.9. The Labute approximate surface area is 288 Å². The number of carbonyl (C=O) groups excluding carboxylic acids is 2. The highest BCUT2D eigenvalue weighted by Crippen LogP contribution is 2.34. The van der Waals surface area contributed by atoms with Crippen molar-refractivity contribution in [3.05, 3.63) is 119 Å². The largest absolute Gasteiger partial charge is 0.493 e. The van der Waals surface area contributed by atoms with Gasteiger partial charge in [0.15, 0.2) is 11.5 Å². The van der Waals surface area contributed by atoms with Crippen LogP contribution in [0.3, 0.4) is 0 Å². The fraction of sp³-hybridized carbons (Fsp3) is 0.297. The summed E-state index contributed by atoms with van der Waals surface area (Å²) in [6.45, 7) is 5.12. The Bertz CT molecular complexity index is 1800. The van der Waals surface area contributed by atoms with Crippen LogP contribution in [0, 0.1) is 6.92 Å². The van der Waals surface area contributed by atoms with E-state index in [2.05, 4.69) is 5.32 Å². The third kappa shape index (κ3) is 9.08. The number of methoxy groups -OCH3 is 2. The average Bonchev–Trinajstić information content (AvgIpc) is 3.08. The van der Waals surface area contributed by atoms with Crippen LogP contribution < -0.4 is 19.1 Å². The fourth-order valence-electron chi connectivity index (χ4n) is 5.17. The number of benzene rings is 4. The lowest BCUT2D eigenvalue weighted by atomic mass is 10.0. The first kappa shape index (κ1) is 36.3. The predicted octanol–water partition coefficient (Wildman–Crippen LogP) is 6.42. The number of nitrogens with zero attached hydrogens (tertiary/aromatic N) is 2.